The number of hydrogen-bond donors (Lipinski definition) is 1. The van der Waals surface area contributed by atoms with Gasteiger partial charge in [0.25, 0.3) is 0 Å². The quantitative estimate of drug-likeness (QED) is 0.886. The predicted octanol–water partition coefficient (Wildman–Crippen LogP) is 1.06. The Balaban J connectivity index is 2.31. The Hall–Kier alpha value is -1.76. The molecule has 7 heteroatoms. The summed E-state index contributed by atoms with van der Waals surface area (Å²) >= 11 is 0. The number of fused-ring (bicyclic) bond motifs is 1. The first-order chi connectivity index (χ1) is 8.92. The van der Waals surface area contributed by atoms with Crippen molar-refractivity contribution in [1.82, 2.24) is 9.55 Å². The second-order valence-corrected chi connectivity index (χ2v) is 6.69. The second kappa shape index (κ2) is 5.08. The van der Waals surface area contributed by atoms with Gasteiger partial charge in [-0.2, -0.15) is 0 Å². The molecule has 0 amide bonds. The number of methoxy groups -OCH3 is 1. The molecular weight excluding hydrogens is 266 g/mol. The molecule has 2 rings (SSSR count). The summed E-state index contributed by atoms with van der Waals surface area (Å²) in [6.45, 7) is 0.516. The average Bonchev–Trinajstić information content (AvgIpc) is 2.64. The molecule has 2 N–H and O–H groups in total. The van der Waals surface area contributed by atoms with Crippen molar-refractivity contribution in [2.75, 3.05) is 24.9 Å². The first-order valence-electron chi connectivity index (χ1n) is 5.89. The van der Waals surface area contributed by atoms with Gasteiger partial charge in [-0.05, 0) is 18.6 Å². The van der Waals surface area contributed by atoms with Gasteiger partial charge in [0.15, 0.2) is 0 Å². The van der Waals surface area contributed by atoms with E-state index in [4.69, 9.17) is 10.5 Å². The highest BCUT2D eigenvalue weighted by molar-refractivity contribution is 7.90. The van der Waals surface area contributed by atoms with Crippen LogP contribution < -0.4 is 10.5 Å². The van der Waals surface area contributed by atoms with Crippen LogP contribution in [0.1, 0.15) is 6.42 Å². The van der Waals surface area contributed by atoms with E-state index in [0.29, 0.717) is 30.2 Å². The number of aromatic nitrogens is 2. The molecule has 0 radical (unpaired) electrons. The van der Waals surface area contributed by atoms with Crippen molar-refractivity contribution in [3.8, 4) is 5.75 Å². The summed E-state index contributed by atoms with van der Waals surface area (Å²) in [6.07, 6.45) is 1.73. The van der Waals surface area contributed by atoms with Gasteiger partial charge in [0.05, 0.1) is 18.4 Å². The minimum absolute atomic E-state index is 0.135. The summed E-state index contributed by atoms with van der Waals surface area (Å²) in [4.78, 5) is 4.27. The SMILES string of the molecule is COc1cccc2c1nc(N)n2CCCS(C)(=O)=O. The topological polar surface area (TPSA) is 87.2 Å². The van der Waals surface area contributed by atoms with Gasteiger partial charge in [0.1, 0.15) is 21.1 Å². The molecule has 1 heterocycles. The highest BCUT2D eigenvalue weighted by Gasteiger charge is 2.12. The van der Waals surface area contributed by atoms with Crippen molar-refractivity contribution in [1.29, 1.82) is 0 Å². The minimum Gasteiger partial charge on any atom is -0.494 e. The van der Waals surface area contributed by atoms with E-state index in [1.807, 2.05) is 22.8 Å². The number of aryl methyl sites for hydroxylation is 1. The zero-order valence-electron chi connectivity index (χ0n) is 11.0. The molecule has 0 spiro atoms. The third-order valence-corrected chi connectivity index (χ3v) is 3.92. The van der Waals surface area contributed by atoms with Gasteiger partial charge in [-0.25, -0.2) is 13.4 Å². The lowest BCUT2D eigenvalue weighted by Gasteiger charge is -2.06. The number of sulfone groups is 1. The van der Waals surface area contributed by atoms with Crippen molar-refractivity contribution in [3.05, 3.63) is 18.2 Å². The molecule has 0 bridgehead atoms. The summed E-state index contributed by atoms with van der Waals surface area (Å²) in [6, 6.07) is 5.56. The van der Waals surface area contributed by atoms with Gasteiger partial charge in [0, 0.05) is 12.8 Å². The lowest BCUT2D eigenvalue weighted by molar-refractivity contribution is 0.419. The van der Waals surface area contributed by atoms with Crippen LogP contribution in [0.25, 0.3) is 11.0 Å². The third-order valence-electron chi connectivity index (χ3n) is 2.89. The largest absolute Gasteiger partial charge is 0.494 e. The predicted molar refractivity (Wildman–Crippen MR) is 75.0 cm³/mol. The maximum absolute atomic E-state index is 11.1. The van der Waals surface area contributed by atoms with Crippen molar-refractivity contribution in [2.45, 2.75) is 13.0 Å². The van der Waals surface area contributed by atoms with Crippen molar-refractivity contribution >= 4 is 26.8 Å². The Labute approximate surface area is 112 Å². The summed E-state index contributed by atoms with van der Waals surface area (Å²) in [5.41, 5.74) is 7.42. The minimum atomic E-state index is -2.96. The second-order valence-electron chi connectivity index (χ2n) is 4.43. The Morgan fingerprint density at radius 1 is 1.42 bits per heavy atom. The third kappa shape index (κ3) is 2.98. The summed E-state index contributed by atoms with van der Waals surface area (Å²) in [5.74, 6) is 1.16. The van der Waals surface area contributed by atoms with E-state index in [0.717, 1.165) is 5.52 Å². The molecule has 0 aliphatic carbocycles. The number of nitrogens with two attached hydrogens (primary N) is 1. The van der Waals surface area contributed by atoms with Crippen molar-refractivity contribution < 1.29 is 13.2 Å². The standard InChI is InChI=1S/C12H17N3O3S/c1-18-10-6-3-5-9-11(10)14-12(13)15(9)7-4-8-19(2,16)17/h3,5-6H,4,7-8H2,1-2H3,(H2,13,14). The normalized spacial score (nSPS) is 11.9. The van der Waals surface area contributed by atoms with Gasteiger partial charge in [-0.3, -0.25) is 0 Å². The number of benzene rings is 1. The molecule has 0 fully saturated rings. The molecule has 2 aromatic rings. The highest BCUT2D eigenvalue weighted by Crippen LogP contribution is 2.26. The van der Waals surface area contributed by atoms with Crippen LogP contribution in [0.3, 0.4) is 0 Å². The van der Waals surface area contributed by atoms with Crippen LogP contribution in [0.4, 0.5) is 5.95 Å². The van der Waals surface area contributed by atoms with E-state index in [2.05, 4.69) is 4.98 Å². The number of nitrogens with zero attached hydrogens (tertiary/aromatic N) is 2. The average molecular weight is 283 g/mol. The number of imidazole rings is 1. The van der Waals surface area contributed by atoms with Gasteiger partial charge in [-0.1, -0.05) is 6.07 Å². The first kappa shape index (κ1) is 13.7. The molecule has 6 nitrogen and oxygen atoms in total. The first-order valence-corrected chi connectivity index (χ1v) is 7.95. The molecule has 19 heavy (non-hydrogen) atoms. The van der Waals surface area contributed by atoms with Gasteiger partial charge in [-0.15, -0.1) is 0 Å². The molecule has 0 saturated heterocycles. The van der Waals surface area contributed by atoms with Crippen LogP contribution in [-0.2, 0) is 16.4 Å². The van der Waals surface area contributed by atoms with Crippen LogP contribution >= 0.6 is 0 Å². The van der Waals surface area contributed by atoms with Crippen LogP contribution in [0.15, 0.2) is 18.2 Å². The fourth-order valence-electron chi connectivity index (χ4n) is 2.02. The van der Waals surface area contributed by atoms with Crippen LogP contribution in [-0.4, -0.2) is 37.1 Å². The van der Waals surface area contributed by atoms with Crippen molar-refractivity contribution in [2.24, 2.45) is 0 Å². The van der Waals surface area contributed by atoms with Gasteiger partial charge >= 0.3 is 0 Å². The Morgan fingerprint density at radius 3 is 2.79 bits per heavy atom. The number of hydrogen-bond acceptors (Lipinski definition) is 5. The van der Waals surface area contributed by atoms with Gasteiger partial charge in [0.2, 0.25) is 5.95 Å². The van der Waals surface area contributed by atoms with Crippen LogP contribution in [0.5, 0.6) is 5.75 Å². The molecule has 0 atom stereocenters. The Morgan fingerprint density at radius 2 is 2.16 bits per heavy atom. The smallest absolute Gasteiger partial charge is 0.201 e. The number of ether oxygens (including phenoxy) is 1. The van der Waals surface area contributed by atoms with Crippen LogP contribution in [0, 0.1) is 0 Å². The molecule has 0 saturated carbocycles. The maximum Gasteiger partial charge on any atom is 0.201 e. The van der Waals surface area contributed by atoms with E-state index >= 15 is 0 Å². The lowest BCUT2D eigenvalue weighted by Crippen LogP contribution is -2.09. The number of anilines is 1. The summed E-state index contributed by atoms with van der Waals surface area (Å²) < 4.78 is 29.3. The monoisotopic (exact) mass is 283 g/mol. The molecule has 0 aliphatic rings. The lowest BCUT2D eigenvalue weighted by atomic mass is 10.3. The number of para-hydroxylation sites is 1. The summed E-state index contributed by atoms with van der Waals surface area (Å²) in [7, 11) is -1.38. The van der Waals surface area contributed by atoms with E-state index in [1.54, 1.807) is 7.11 Å². The van der Waals surface area contributed by atoms with Gasteiger partial charge < -0.3 is 15.0 Å². The molecule has 1 aromatic carbocycles. The molecule has 1 aromatic heterocycles. The highest BCUT2D eigenvalue weighted by atomic mass is 32.2. The van der Waals surface area contributed by atoms with E-state index < -0.39 is 9.84 Å². The van der Waals surface area contributed by atoms with Crippen LogP contribution in [0.2, 0.25) is 0 Å². The maximum atomic E-state index is 11.1. The van der Waals surface area contributed by atoms with E-state index in [9.17, 15) is 8.42 Å². The zero-order chi connectivity index (χ0) is 14.0. The van der Waals surface area contributed by atoms with E-state index in [1.165, 1.54) is 6.26 Å². The summed E-state index contributed by atoms with van der Waals surface area (Å²) in [5, 5.41) is 0. The molecule has 0 aliphatic heterocycles. The number of nitrogen functional groups attached to an aromatic ring is 1. The fourth-order valence-corrected chi connectivity index (χ4v) is 2.68. The Bertz CT molecular complexity index is 692. The molecule has 0 unspecified atom stereocenters. The fraction of sp³-hybridized carbons (Fsp3) is 0.417. The molecular formula is C12H17N3O3S. The van der Waals surface area contributed by atoms with Crippen molar-refractivity contribution in [3.63, 3.8) is 0 Å². The molecule has 104 valence electrons. The van der Waals surface area contributed by atoms with E-state index in [-0.39, 0.29) is 5.75 Å². The zero-order valence-corrected chi connectivity index (χ0v) is 11.8. The number of rotatable bonds is 5. The Kier molecular flexibility index (Phi) is 3.66.